The first-order valence-electron chi connectivity index (χ1n) is 7.61. The third-order valence-electron chi connectivity index (χ3n) is 3.41. The zero-order chi connectivity index (χ0) is 14.9. The smallest absolute Gasteiger partial charge is 0.0999 e. The maximum Gasteiger partial charge on any atom is 0.0999 e. The maximum atomic E-state index is 4.82. The first-order valence-corrected chi connectivity index (χ1v) is 7.61. The summed E-state index contributed by atoms with van der Waals surface area (Å²) in [6.07, 6.45) is 6.53. The van der Waals surface area contributed by atoms with E-state index in [2.05, 4.69) is 68.5 Å². The fourth-order valence-electron chi connectivity index (χ4n) is 2.25. The lowest BCUT2D eigenvalue weighted by atomic mass is 9.99. The van der Waals surface area contributed by atoms with Gasteiger partial charge in [0, 0.05) is 6.21 Å². The average Bonchev–Trinajstić information content (AvgIpc) is 2.55. The highest BCUT2D eigenvalue weighted by molar-refractivity contribution is 5.78. The Kier molecular flexibility index (Phi) is 5.96. The van der Waals surface area contributed by atoms with Crippen LogP contribution in [0, 0.1) is 0 Å². The highest BCUT2D eigenvalue weighted by Gasteiger charge is 2.10. The molecule has 0 fully saturated rings. The van der Waals surface area contributed by atoms with Crippen molar-refractivity contribution in [3.05, 3.63) is 83.4 Å². The van der Waals surface area contributed by atoms with Crippen LogP contribution < -0.4 is 0 Å². The van der Waals surface area contributed by atoms with Gasteiger partial charge in [-0.2, -0.15) is 0 Å². The van der Waals surface area contributed by atoms with Crippen molar-refractivity contribution >= 4 is 6.21 Å². The molecule has 0 unspecified atom stereocenters. The Morgan fingerprint density at radius 1 is 0.952 bits per heavy atom. The van der Waals surface area contributed by atoms with Crippen molar-refractivity contribution in [1.29, 1.82) is 0 Å². The normalized spacial score (nSPS) is 12.2. The first-order chi connectivity index (χ1) is 10.3. The number of hydrogen-bond donors (Lipinski definition) is 0. The molecule has 21 heavy (non-hydrogen) atoms. The average molecular weight is 277 g/mol. The lowest BCUT2D eigenvalue weighted by Gasteiger charge is -2.13. The molecule has 0 atom stereocenters. The maximum absolute atomic E-state index is 4.82. The molecule has 2 rings (SSSR count). The van der Waals surface area contributed by atoms with Gasteiger partial charge < -0.3 is 0 Å². The molecule has 2 aromatic carbocycles. The van der Waals surface area contributed by atoms with E-state index < -0.39 is 0 Å². The summed E-state index contributed by atoms with van der Waals surface area (Å²) < 4.78 is 0. The number of unbranched alkanes of at least 4 members (excludes halogenated alkanes) is 1. The Balaban J connectivity index is 2.28. The SMILES string of the molecule is CCC/C=C(\C)C=NC(c1ccccc1)c1ccccc1. The summed E-state index contributed by atoms with van der Waals surface area (Å²) in [5, 5.41) is 0. The first kappa shape index (κ1) is 15.2. The van der Waals surface area contributed by atoms with Crippen LogP contribution in [0.4, 0.5) is 0 Å². The van der Waals surface area contributed by atoms with Gasteiger partial charge in [0.05, 0.1) is 6.04 Å². The van der Waals surface area contributed by atoms with Gasteiger partial charge in [0.2, 0.25) is 0 Å². The second-order valence-corrected chi connectivity index (χ2v) is 5.24. The molecule has 1 heteroatoms. The third kappa shape index (κ3) is 4.71. The van der Waals surface area contributed by atoms with Gasteiger partial charge in [-0.05, 0) is 30.0 Å². The highest BCUT2D eigenvalue weighted by Crippen LogP contribution is 2.25. The van der Waals surface area contributed by atoms with E-state index in [9.17, 15) is 0 Å². The van der Waals surface area contributed by atoms with Crippen molar-refractivity contribution in [2.45, 2.75) is 32.7 Å². The summed E-state index contributed by atoms with van der Waals surface area (Å²) in [6.45, 7) is 4.31. The lowest BCUT2D eigenvalue weighted by molar-refractivity contribution is 0.877. The largest absolute Gasteiger partial charge is 0.280 e. The van der Waals surface area contributed by atoms with Gasteiger partial charge in [-0.3, -0.25) is 4.99 Å². The molecule has 0 radical (unpaired) electrons. The van der Waals surface area contributed by atoms with Gasteiger partial charge in [0.1, 0.15) is 0 Å². The number of benzene rings is 2. The minimum absolute atomic E-state index is 0.0670. The van der Waals surface area contributed by atoms with Crippen LogP contribution in [0.2, 0.25) is 0 Å². The van der Waals surface area contributed by atoms with E-state index >= 15 is 0 Å². The zero-order valence-electron chi connectivity index (χ0n) is 12.9. The van der Waals surface area contributed by atoms with Crippen molar-refractivity contribution in [1.82, 2.24) is 0 Å². The molecule has 0 spiro atoms. The molecule has 0 aliphatic carbocycles. The summed E-state index contributed by atoms with van der Waals surface area (Å²) in [5.41, 5.74) is 3.68. The van der Waals surface area contributed by atoms with Crippen LogP contribution in [0.1, 0.15) is 43.9 Å². The van der Waals surface area contributed by atoms with Gasteiger partial charge in [0.15, 0.2) is 0 Å². The summed E-state index contributed by atoms with van der Waals surface area (Å²) in [5.74, 6) is 0. The Labute approximate surface area is 128 Å². The number of allylic oxidation sites excluding steroid dienone is 2. The molecule has 2 aromatic rings. The van der Waals surface area contributed by atoms with Crippen molar-refractivity contribution < 1.29 is 0 Å². The van der Waals surface area contributed by atoms with Gasteiger partial charge in [-0.1, -0.05) is 80.1 Å². The minimum atomic E-state index is 0.0670. The van der Waals surface area contributed by atoms with Gasteiger partial charge in [-0.25, -0.2) is 0 Å². The van der Waals surface area contributed by atoms with Crippen LogP contribution in [0.15, 0.2) is 77.3 Å². The van der Waals surface area contributed by atoms with Crippen LogP contribution >= 0.6 is 0 Å². The zero-order valence-corrected chi connectivity index (χ0v) is 12.9. The molecule has 1 nitrogen and oxygen atoms in total. The fraction of sp³-hybridized carbons (Fsp3) is 0.250. The highest BCUT2D eigenvalue weighted by atomic mass is 14.8. The van der Waals surface area contributed by atoms with Crippen LogP contribution in [-0.4, -0.2) is 6.21 Å². The predicted molar refractivity (Wildman–Crippen MR) is 91.9 cm³/mol. The van der Waals surface area contributed by atoms with E-state index in [-0.39, 0.29) is 6.04 Å². The second-order valence-electron chi connectivity index (χ2n) is 5.24. The summed E-state index contributed by atoms with van der Waals surface area (Å²) in [7, 11) is 0. The molecule has 0 amide bonds. The Bertz CT molecular complexity index is 542. The molecular weight excluding hydrogens is 254 g/mol. The standard InChI is InChI=1S/C20H23N/c1-3-4-11-17(2)16-21-20(18-12-7-5-8-13-18)19-14-9-6-10-15-19/h5-16,20H,3-4H2,1-2H3/b17-11+,21-16?. The summed E-state index contributed by atoms with van der Waals surface area (Å²) in [4.78, 5) is 4.82. The van der Waals surface area contributed by atoms with Crippen LogP contribution in [0.3, 0.4) is 0 Å². The number of aliphatic imine (C=N–C) groups is 1. The number of hydrogen-bond acceptors (Lipinski definition) is 1. The second kappa shape index (κ2) is 8.21. The van der Waals surface area contributed by atoms with E-state index in [1.165, 1.54) is 23.1 Å². The lowest BCUT2D eigenvalue weighted by Crippen LogP contribution is -1.98. The van der Waals surface area contributed by atoms with Crippen molar-refractivity contribution in [2.75, 3.05) is 0 Å². The molecule has 0 aliphatic heterocycles. The number of nitrogens with zero attached hydrogens (tertiary/aromatic N) is 1. The monoisotopic (exact) mass is 277 g/mol. The number of rotatable bonds is 6. The van der Waals surface area contributed by atoms with E-state index in [1.54, 1.807) is 0 Å². The molecule has 0 heterocycles. The minimum Gasteiger partial charge on any atom is -0.280 e. The van der Waals surface area contributed by atoms with Crippen LogP contribution in [0.25, 0.3) is 0 Å². The van der Waals surface area contributed by atoms with Crippen molar-refractivity contribution in [2.24, 2.45) is 4.99 Å². The molecule has 0 N–H and O–H groups in total. The topological polar surface area (TPSA) is 12.4 Å². The van der Waals surface area contributed by atoms with E-state index in [1.807, 2.05) is 18.3 Å². The molecule has 108 valence electrons. The van der Waals surface area contributed by atoms with Gasteiger partial charge >= 0.3 is 0 Å². The van der Waals surface area contributed by atoms with E-state index in [0.717, 1.165) is 6.42 Å². The van der Waals surface area contributed by atoms with Crippen LogP contribution in [0.5, 0.6) is 0 Å². The summed E-state index contributed by atoms with van der Waals surface area (Å²) >= 11 is 0. The Morgan fingerprint density at radius 2 is 1.48 bits per heavy atom. The van der Waals surface area contributed by atoms with E-state index in [0.29, 0.717) is 0 Å². The molecule has 0 bridgehead atoms. The van der Waals surface area contributed by atoms with Crippen molar-refractivity contribution in [3.63, 3.8) is 0 Å². The Morgan fingerprint density at radius 3 is 1.95 bits per heavy atom. The van der Waals surface area contributed by atoms with Gasteiger partial charge in [-0.15, -0.1) is 0 Å². The van der Waals surface area contributed by atoms with Crippen LogP contribution in [-0.2, 0) is 0 Å². The van der Waals surface area contributed by atoms with Crippen molar-refractivity contribution in [3.8, 4) is 0 Å². The Hall–Kier alpha value is -2.15. The fourth-order valence-corrected chi connectivity index (χ4v) is 2.25. The quantitative estimate of drug-likeness (QED) is 0.610. The molecular formula is C20H23N. The molecule has 0 saturated carbocycles. The van der Waals surface area contributed by atoms with E-state index in [4.69, 9.17) is 4.99 Å². The third-order valence-corrected chi connectivity index (χ3v) is 3.41. The predicted octanol–water partition coefficient (Wildman–Crippen LogP) is 5.59. The molecule has 0 aliphatic rings. The van der Waals surface area contributed by atoms with Gasteiger partial charge in [0.25, 0.3) is 0 Å². The molecule has 0 aromatic heterocycles. The summed E-state index contributed by atoms with van der Waals surface area (Å²) in [6, 6.07) is 21.0. The molecule has 0 saturated heterocycles.